The van der Waals surface area contributed by atoms with Gasteiger partial charge in [0, 0.05) is 12.1 Å². The number of hydrogen-bond donors (Lipinski definition) is 3. The van der Waals surface area contributed by atoms with Crippen molar-refractivity contribution in [2.45, 2.75) is 38.6 Å². The lowest BCUT2D eigenvalue weighted by Gasteiger charge is -2.23. The van der Waals surface area contributed by atoms with E-state index in [1.54, 1.807) is 20.8 Å². The van der Waals surface area contributed by atoms with Gasteiger partial charge in [-0.2, -0.15) is 0 Å². The van der Waals surface area contributed by atoms with Crippen LogP contribution in [0.1, 0.15) is 42.8 Å². The minimum Gasteiger partial charge on any atom is -0.454 e. The molecule has 8 heteroatoms. The normalized spacial score (nSPS) is 15.5. The van der Waals surface area contributed by atoms with Crippen LogP contribution in [-0.4, -0.2) is 47.6 Å². The summed E-state index contributed by atoms with van der Waals surface area (Å²) in [6.07, 6.45) is -2.89. The SMILES string of the molecule is CC(C)(C)OC(=O)NCC(O)C(O)c1cc2c(cc1C=O)OCO2. The van der Waals surface area contributed by atoms with Crippen molar-refractivity contribution in [1.82, 2.24) is 5.32 Å². The fraction of sp³-hybridized carbons (Fsp3) is 0.500. The molecule has 0 fully saturated rings. The van der Waals surface area contributed by atoms with Crippen molar-refractivity contribution in [1.29, 1.82) is 0 Å². The topological polar surface area (TPSA) is 114 Å². The molecule has 0 aromatic heterocycles. The molecule has 1 amide bonds. The van der Waals surface area contributed by atoms with E-state index in [4.69, 9.17) is 14.2 Å². The minimum atomic E-state index is -1.39. The van der Waals surface area contributed by atoms with Gasteiger partial charge in [0.15, 0.2) is 17.8 Å². The summed E-state index contributed by atoms with van der Waals surface area (Å²) in [5.74, 6) is 0.774. The summed E-state index contributed by atoms with van der Waals surface area (Å²) >= 11 is 0. The van der Waals surface area contributed by atoms with Crippen molar-refractivity contribution in [2.24, 2.45) is 0 Å². The van der Waals surface area contributed by atoms with Crippen LogP contribution in [0.2, 0.25) is 0 Å². The van der Waals surface area contributed by atoms with Crippen molar-refractivity contribution >= 4 is 12.4 Å². The number of aliphatic hydroxyl groups excluding tert-OH is 2. The Morgan fingerprint density at radius 2 is 1.96 bits per heavy atom. The predicted molar refractivity (Wildman–Crippen MR) is 83.2 cm³/mol. The maximum atomic E-state index is 11.6. The van der Waals surface area contributed by atoms with Gasteiger partial charge < -0.3 is 29.7 Å². The first-order valence-electron chi connectivity index (χ1n) is 7.43. The third-order valence-corrected chi connectivity index (χ3v) is 3.24. The second-order valence-electron chi connectivity index (χ2n) is 6.35. The number of hydrogen-bond acceptors (Lipinski definition) is 7. The second-order valence-corrected chi connectivity index (χ2v) is 6.35. The van der Waals surface area contributed by atoms with Gasteiger partial charge in [0.1, 0.15) is 17.8 Å². The zero-order valence-electron chi connectivity index (χ0n) is 13.7. The van der Waals surface area contributed by atoms with Crippen LogP contribution in [0.3, 0.4) is 0 Å². The molecular weight excluding hydrogens is 318 g/mol. The number of nitrogens with one attached hydrogen (secondary N) is 1. The van der Waals surface area contributed by atoms with E-state index in [1.807, 2.05) is 0 Å². The molecule has 1 heterocycles. The Morgan fingerprint density at radius 1 is 1.33 bits per heavy atom. The van der Waals surface area contributed by atoms with Gasteiger partial charge in [0.2, 0.25) is 6.79 Å². The van der Waals surface area contributed by atoms with Gasteiger partial charge in [0.25, 0.3) is 0 Å². The third kappa shape index (κ3) is 4.36. The Morgan fingerprint density at radius 3 is 2.54 bits per heavy atom. The number of aliphatic hydroxyl groups is 2. The van der Waals surface area contributed by atoms with Gasteiger partial charge in [-0.15, -0.1) is 0 Å². The number of fused-ring (bicyclic) bond motifs is 1. The zero-order chi connectivity index (χ0) is 17.9. The number of alkyl carbamates (subject to hydrolysis) is 1. The molecule has 2 rings (SSSR count). The number of carbonyl (C=O) groups is 2. The number of amides is 1. The molecule has 1 aliphatic heterocycles. The maximum absolute atomic E-state index is 11.6. The molecule has 8 nitrogen and oxygen atoms in total. The van der Waals surface area contributed by atoms with Crippen LogP contribution in [0.5, 0.6) is 11.5 Å². The molecule has 3 N–H and O–H groups in total. The molecule has 2 atom stereocenters. The van der Waals surface area contributed by atoms with Crippen molar-refractivity contribution in [3.05, 3.63) is 23.3 Å². The number of ether oxygens (including phenoxy) is 3. The highest BCUT2D eigenvalue weighted by atomic mass is 16.7. The van der Waals surface area contributed by atoms with Crippen LogP contribution < -0.4 is 14.8 Å². The highest BCUT2D eigenvalue weighted by Gasteiger charge is 2.26. The van der Waals surface area contributed by atoms with E-state index in [-0.39, 0.29) is 24.5 Å². The summed E-state index contributed by atoms with van der Waals surface area (Å²) in [5.41, 5.74) is -0.314. The average molecular weight is 339 g/mol. The molecule has 2 unspecified atom stereocenters. The summed E-state index contributed by atoms with van der Waals surface area (Å²) in [7, 11) is 0. The van der Waals surface area contributed by atoms with Crippen molar-refractivity contribution in [3.63, 3.8) is 0 Å². The quantitative estimate of drug-likeness (QED) is 0.689. The van der Waals surface area contributed by atoms with E-state index in [0.29, 0.717) is 17.8 Å². The first-order chi connectivity index (χ1) is 11.2. The lowest BCUT2D eigenvalue weighted by Crippen LogP contribution is -2.39. The van der Waals surface area contributed by atoms with Gasteiger partial charge in [0.05, 0.1) is 0 Å². The number of carbonyl (C=O) groups excluding carboxylic acids is 2. The molecule has 0 spiro atoms. The summed E-state index contributed by atoms with van der Waals surface area (Å²) < 4.78 is 15.4. The predicted octanol–water partition coefficient (Wildman–Crippen LogP) is 1.15. The molecule has 0 aliphatic carbocycles. The third-order valence-electron chi connectivity index (χ3n) is 3.24. The van der Waals surface area contributed by atoms with Gasteiger partial charge in [-0.25, -0.2) is 4.79 Å². The smallest absolute Gasteiger partial charge is 0.407 e. The van der Waals surface area contributed by atoms with Gasteiger partial charge >= 0.3 is 6.09 Å². The van der Waals surface area contributed by atoms with Gasteiger partial charge in [-0.05, 0) is 38.5 Å². The molecule has 24 heavy (non-hydrogen) atoms. The molecule has 1 aromatic rings. The van der Waals surface area contributed by atoms with E-state index in [1.165, 1.54) is 12.1 Å². The molecule has 0 radical (unpaired) electrons. The van der Waals surface area contributed by atoms with E-state index in [9.17, 15) is 19.8 Å². The van der Waals surface area contributed by atoms with Crippen molar-refractivity contribution in [2.75, 3.05) is 13.3 Å². The van der Waals surface area contributed by atoms with E-state index < -0.39 is 23.9 Å². The zero-order valence-corrected chi connectivity index (χ0v) is 13.7. The van der Waals surface area contributed by atoms with E-state index in [0.717, 1.165) is 0 Å². The van der Waals surface area contributed by atoms with Crippen molar-refractivity contribution < 1.29 is 34.0 Å². The maximum Gasteiger partial charge on any atom is 0.407 e. The van der Waals surface area contributed by atoms with Crippen LogP contribution in [-0.2, 0) is 4.74 Å². The highest BCUT2D eigenvalue weighted by Crippen LogP contribution is 2.36. The lowest BCUT2D eigenvalue weighted by atomic mass is 9.98. The Hall–Kier alpha value is -2.32. The minimum absolute atomic E-state index is 0.0237. The van der Waals surface area contributed by atoms with Crippen LogP contribution in [0, 0.1) is 0 Å². The van der Waals surface area contributed by atoms with Crippen LogP contribution in [0.15, 0.2) is 12.1 Å². The second kappa shape index (κ2) is 7.06. The van der Waals surface area contributed by atoms with E-state index >= 15 is 0 Å². The van der Waals surface area contributed by atoms with Gasteiger partial charge in [-0.1, -0.05) is 0 Å². The summed E-state index contributed by atoms with van der Waals surface area (Å²) in [6, 6.07) is 2.87. The molecule has 0 saturated carbocycles. The largest absolute Gasteiger partial charge is 0.454 e. The Balaban J connectivity index is 2.04. The first-order valence-corrected chi connectivity index (χ1v) is 7.43. The summed E-state index contributed by atoms with van der Waals surface area (Å²) in [5, 5.41) is 22.7. The average Bonchev–Trinajstić information content (AvgIpc) is 2.96. The Bertz CT molecular complexity index is 624. The standard InChI is InChI=1S/C16H21NO7/c1-16(2,3)24-15(21)17-6-11(19)14(20)10-5-13-12(22-8-23-13)4-9(10)7-18/h4-5,7,11,14,19-20H,6,8H2,1-3H3,(H,17,21). The fourth-order valence-electron chi connectivity index (χ4n) is 2.15. The Kier molecular flexibility index (Phi) is 5.30. The number of benzene rings is 1. The molecule has 0 bridgehead atoms. The Labute approximate surface area is 139 Å². The van der Waals surface area contributed by atoms with Crippen LogP contribution >= 0.6 is 0 Å². The molecular formula is C16H21NO7. The fourth-order valence-corrected chi connectivity index (χ4v) is 2.15. The molecule has 1 aromatic carbocycles. The lowest BCUT2D eigenvalue weighted by molar-refractivity contribution is 0.0125. The number of aldehydes is 1. The number of rotatable bonds is 5. The molecule has 1 aliphatic rings. The first kappa shape index (κ1) is 18.0. The monoisotopic (exact) mass is 339 g/mol. The molecule has 0 saturated heterocycles. The van der Waals surface area contributed by atoms with Crippen molar-refractivity contribution in [3.8, 4) is 11.5 Å². The van der Waals surface area contributed by atoms with Gasteiger partial charge in [-0.3, -0.25) is 4.79 Å². The molecule has 132 valence electrons. The van der Waals surface area contributed by atoms with E-state index in [2.05, 4.69) is 5.32 Å². The summed E-state index contributed by atoms with van der Waals surface area (Å²) in [6.45, 7) is 4.90. The summed E-state index contributed by atoms with van der Waals surface area (Å²) in [4.78, 5) is 22.8. The highest BCUT2D eigenvalue weighted by molar-refractivity contribution is 5.79. The van der Waals surface area contributed by atoms with Crippen LogP contribution in [0.4, 0.5) is 4.79 Å². The van der Waals surface area contributed by atoms with Crippen LogP contribution in [0.25, 0.3) is 0 Å².